The van der Waals surface area contributed by atoms with Gasteiger partial charge in [-0.05, 0) is 43.7 Å². The smallest absolute Gasteiger partial charge is 0.273 e. The van der Waals surface area contributed by atoms with E-state index in [1.165, 1.54) is 12.1 Å². The monoisotopic (exact) mass is 328 g/mol. The quantitative estimate of drug-likeness (QED) is 0.706. The Morgan fingerprint density at radius 1 is 1.29 bits per heavy atom. The molecule has 1 aromatic carbocycles. The second-order valence-corrected chi connectivity index (χ2v) is 5.39. The number of nitrogens with one attached hydrogen (secondary N) is 1. The van der Waals surface area contributed by atoms with Gasteiger partial charge in [-0.1, -0.05) is 5.16 Å². The Morgan fingerprint density at radius 2 is 2.08 bits per heavy atom. The van der Waals surface area contributed by atoms with Crippen molar-refractivity contribution in [1.29, 1.82) is 0 Å². The highest BCUT2D eigenvalue weighted by Gasteiger charge is 2.13. The summed E-state index contributed by atoms with van der Waals surface area (Å²) in [5, 5.41) is 10.7. The zero-order valence-electron chi connectivity index (χ0n) is 13.2. The van der Waals surface area contributed by atoms with E-state index in [0.29, 0.717) is 17.9 Å². The molecule has 0 fully saturated rings. The van der Waals surface area contributed by atoms with Crippen LogP contribution in [0.15, 0.2) is 47.1 Å². The van der Waals surface area contributed by atoms with Gasteiger partial charge in [0.2, 0.25) is 0 Å². The molecule has 0 aliphatic heterocycles. The fraction of sp³-hybridized carbons (Fsp3) is 0.235. The van der Waals surface area contributed by atoms with E-state index in [1.807, 2.05) is 17.7 Å². The van der Waals surface area contributed by atoms with Crippen molar-refractivity contribution in [3.63, 3.8) is 0 Å². The molecule has 0 aliphatic rings. The molecule has 0 atom stereocenters. The van der Waals surface area contributed by atoms with Gasteiger partial charge in [-0.3, -0.25) is 9.48 Å². The van der Waals surface area contributed by atoms with Crippen molar-refractivity contribution in [2.75, 3.05) is 6.54 Å². The van der Waals surface area contributed by atoms with Crippen molar-refractivity contribution in [3.05, 3.63) is 59.8 Å². The van der Waals surface area contributed by atoms with Crippen LogP contribution in [0.1, 0.15) is 22.6 Å². The molecule has 7 heteroatoms. The van der Waals surface area contributed by atoms with Crippen molar-refractivity contribution >= 4 is 5.91 Å². The summed E-state index contributed by atoms with van der Waals surface area (Å²) in [4.78, 5) is 12.1. The van der Waals surface area contributed by atoms with E-state index in [-0.39, 0.29) is 17.4 Å². The Hall–Kier alpha value is -2.96. The van der Waals surface area contributed by atoms with Crippen molar-refractivity contribution < 1.29 is 13.7 Å². The zero-order valence-corrected chi connectivity index (χ0v) is 13.2. The molecule has 6 nitrogen and oxygen atoms in total. The van der Waals surface area contributed by atoms with Crippen molar-refractivity contribution in [2.24, 2.45) is 0 Å². The summed E-state index contributed by atoms with van der Waals surface area (Å²) in [6.07, 6.45) is 2.51. The third kappa shape index (κ3) is 3.68. The van der Waals surface area contributed by atoms with Gasteiger partial charge in [0.25, 0.3) is 5.91 Å². The summed E-state index contributed by atoms with van der Waals surface area (Å²) < 4.78 is 19.9. The van der Waals surface area contributed by atoms with E-state index in [2.05, 4.69) is 15.6 Å². The predicted octanol–water partition coefficient (Wildman–Crippen LogP) is 2.81. The first-order chi connectivity index (χ1) is 11.6. The molecule has 0 unspecified atom stereocenters. The molecule has 3 rings (SSSR count). The number of benzene rings is 1. The van der Waals surface area contributed by atoms with Crippen LogP contribution in [0.3, 0.4) is 0 Å². The van der Waals surface area contributed by atoms with Crippen LogP contribution in [-0.2, 0) is 6.54 Å². The lowest BCUT2D eigenvalue weighted by Crippen LogP contribution is -2.25. The maximum Gasteiger partial charge on any atom is 0.273 e. The van der Waals surface area contributed by atoms with Crippen LogP contribution in [0.5, 0.6) is 0 Å². The van der Waals surface area contributed by atoms with Crippen LogP contribution in [0, 0.1) is 12.7 Å². The Balaban J connectivity index is 1.52. The van der Waals surface area contributed by atoms with Crippen LogP contribution in [-0.4, -0.2) is 27.4 Å². The standard InChI is InChI=1S/C17H17FN4O2/c1-12-7-9-20-22(12)10-2-8-19-17(23)15-11-16(24-21-15)13-3-5-14(18)6-4-13/h3-7,9,11H,2,8,10H2,1H3,(H,19,23). The average Bonchev–Trinajstić information content (AvgIpc) is 3.22. The third-order valence-electron chi connectivity index (χ3n) is 3.63. The molecule has 0 aliphatic carbocycles. The Bertz CT molecular complexity index is 823. The normalized spacial score (nSPS) is 10.8. The van der Waals surface area contributed by atoms with Crippen LogP contribution < -0.4 is 5.32 Å². The lowest BCUT2D eigenvalue weighted by atomic mass is 10.1. The van der Waals surface area contributed by atoms with Crippen LogP contribution in [0.4, 0.5) is 4.39 Å². The van der Waals surface area contributed by atoms with Crippen molar-refractivity contribution in [1.82, 2.24) is 20.3 Å². The number of aromatic nitrogens is 3. The van der Waals surface area contributed by atoms with Gasteiger partial charge >= 0.3 is 0 Å². The fourth-order valence-corrected chi connectivity index (χ4v) is 2.29. The minimum Gasteiger partial charge on any atom is -0.355 e. The maximum atomic E-state index is 12.9. The van der Waals surface area contributed by atoms with E-state index < -0.39 is 0 Å². The van der Waals surface area contributed by atoms with Gasteiger partial charge < -0.3 is 9.84 Å². The van der Waals surface area contributed by atoms with E-state index in [4.69, 9.17) is 4.52 Å². The Labute approximate surface area is 138 Å². The molecule has 0 bridgehead atoms. The van der Waals surface area contributed by atoms with Crippen molar-refractivity contribution in [2.45, 2.75) is 19.9 Å². The van der Waals surface area contributed by atoms with Crippen molar-refractivity contribution in [3.8, 4) is 11.3 Å². The molecule has 24 heavy (non-hydrogen) atoms. The maximum absolute atomic E-state index is 12.9. The predicted molar refractivity (Wildman–Crippen MR) is 85.8 cm³/mol. The number of hydrogen-bond donors (Lipinski definition) is 1. The number of carbonyl (C=O) groups excluding carboxylic acids is 1. The minimum atomic E-state index is -0.330. The lowest BCUT2D eigenvalue weighted by Gasteiger charge is -2.05. The van der Waals surface area contributed by atoms with E-state index in [9.17, 15) is 9.18 Å². The topological polar surface area (TPSA) is 73.0 Å². The first kappa shape index (κ1) is 15.9. The molecule has 0 radical (unpaired) electrons. The molecule has 1 N–H and O–H groups in total. The second-order valence-electron chi connectivity index (χ2n) is 5.39. The number of amides is 1. The number of hydrogen-bond acceptors (Lipinski definition) is 4. The van der Waals surface area contributed by atoms with Gasteiger partial charge in [-0.25, -0.2) is 4.39 Å². The minimum absolute atomic E-state index is 0.199. The number of rotatable bonds is 6. The molecule has 3 aromatic rings. The molecule has 124 valence electrons. The highest BCUT2D eigenvalue weighted by Crippen LogP contribution is 2.20. The molecule has 0 saturated carbocycles. The fourth-order valence-electron chi connectivity index (χ4n) is 2.29. The summed E-state index contributed by atoms with van der Waals surface area (Å²) in [5.41, 5.74) is 1.95. The summed E-state index contributed by atoms with van der Waals surface area (Å²) in [6, 6.07) is 9.28. The van der Waals surface area contributed by atoms with E-state index in [1.54, 1.807) is 24.4 Å². The third-order valence-corrected chi connectivity index (χ3v) is 3.63. The molecule has 0 spiro atoms. The number of nitrogens with zero attached hydrogens (tertiary/aromatic N) is 3. The van der Waals surface area contributed by atoms with Gasteiger partial charge in [0.15, 0.2) is 11.5 Å². The largest absolute Gasteiger partial charge is 0.355 e. The van der Waals surface area contributed by atoms with Crippen LogP contribution >= 0.6 is 0 Å². The summed E-state index contributed by atoms with van der Waals surface area (Å²) in [5.74, 6) is -0.208. The van der Waals surface area contributed by atoms with Gasteiger partial charge in [0.05, 0.1) is 0 Å². The molecule has 2 aromatic heterocycles. The number of halogens is 1. The SMILES string of the molecule is Cc1ccnn1CCCNC(=O)c1cc(-c2ccc(F)cc2)on1. The van der Waals surface area contributed by atoms with Gasteiger partial charge in [-0.2, -0.15) is 5.10 Å². The highest BCUT2D eigenvalue weighted by molar-refractivity contribution is 5.93. The van der Waals surface area contributed by atoms with Gasteiger partial charge in [0.1, 0.15) is 5.82 Å². The molecule has 0 saturated heterocycles. The lowest BCUT2D eigenvalue weighted by molar-refractivity contribution is 0.0943. The van der Waals surface area contributed by atoms with Crippen LogP contribution in [0.2, 0.25) is 0 Å². The average molecular weight is 328 g/mol. The van der Waals surface area contributed by atoms with E-state index >= 15 is 0 Å². The second kappa shape index (κ2) is 7.08. The Morgan fingerprint density at radius 3 is 2.79 bits per heavy atom. The zero-order chi connectivity index (χ0) is 16.9. The molecular weight excluding hydrogens is 311 g/mol. The number of aryl methyl sites for hydroxylation is 2. The van der Waals surface area contributed by atoms with E-state index in [0.717, 1.165) is 18.7 Å². The molecular formula is C17H17FN4O2. The van der Waals surface area contributed by atoms with Crippen LogP contribution in [0.25, 0.3) is 11.3 Å². The Kier molecular flexibility index (Phi) is 4.69. The highest BCUT2D eigenvalue weighted by atomic mass is 19.1. The first-order valence-corrected chi connectivity index (χ1v) is 7.63. The summed E-state index contributed by atoms with van der Waals surface area (Å²) >= 11 is 0. The summed E-state index contributed by atoms with van der Waals surface area (Å²) in [7, 11) is 0. The summed E-state index contributed by atoms with van der Waals surface area (Å²) in [6.45, 7) is 3.23. The number of carbonyl (C=O) groups is 1. The molecule has 2 heterocycles. The first-order valence-electron chi connectivity index (χ1n) is 7.63. The van der Waals surface area contributed by atoms with Gasteiger partial charge in [0, 0.05) is 36.6 Å². The molecule has 1 amide bonds. The van der Waals surface area contributed by atoms with Gasteiger partial charge in [-0.15, -0.1) is 0 Å².